The fourth-order valence-electron chi connectivity index (χ4n) is 5.59. The summed E-state index contributed by atoms with van der Waals surface area (Å²) >= 11 is 0. The van der Waals surface area contributed by atoms with Crippen LogP contribution in [0.15, 0.2) is 58.8 Å². The van der Waals surface area contributed by atoms with Gasteiger partial charge in [-0.3, -0.25) is 14.4 Å². The van der Waals surface area contributed by atoms with Gasteiger partial charge in [0, 0.05) is 11.6 Å². The van der Waals surface area contributed by atoms with Gasteiger partial charge in [0.05, 0.1) is 10.8 Å². The molecule has 2 atom stereocenters. The molecule has 1 heterocycles. The molecule has 2 bridgehead atoms. The molecule has 1 aromatic rings. The zero-order chi connectivity index (χ0) is 21.7. The van der Waals surface area contributed by atoms with E-state index in [9.17, 15) is 14.4 Å². The van der Waals surface area contributed by atoms with Crippen LogP contribution in [0.1, 0.15) is 74.3 Å². The molecule has 0 aromatic carbocycles. The van der Waals surface area contributed by atoms with Gasteiger partial charge in [0.15, 0.2) is 17.0 Å². The highest BCUT2D eigenvalue weighted by atomic mass is 16.3. The summed E-state index contributed by atoms with van der Waals surface area (Å²) < 4.78 is 6.33. The monoisotopic (exact) mass is 404 g/mol. The Balaban J connectivity index is 2.10. The molecule has 0 radical (unpaired) electrons. The number of hydrogen-bond donors (Lipinski definition) is 0. The lowest BCUT2D eigenvalue weighted by molar-refractivity contribution is -0.145. The molecule has 0 spiro atoms. The van der Waals surface area contributed by atoms with Gasteiger partial charge in [-0.2, -0.15) is 0 Å². The first-order chi connectivity index (χ1) is 14.2. The van der Waals surface area contributed by atoms with Gasteiger partial charge in [-0.15, -0.1) is 13.2 Å². The molecule has 0 aliphatic heterocycles. The second-order valence-electron chi connectivity index (χ2n) is 9.33. The second-order valence-corrected chi connectivity index (χ2v) is 9.33. The van der Waals surface area contributed by atoms with E-state index in [0.29, 0.717) is 25.0 Å². The van der Waals surface area contributed by atoms with E-state index in [1.807, 2.05) is 32.1 Å². The van der Waals surface area contributed by atoms with Crippen molar-refractivity contribution < 1.29 is 14.0 Å². The van der Waals surface area contributed by atoms with Gasteiger partial charge in [0.2, 0.25) is 0 Å². The highest BCUT2D eigenvalue weighted by molar-refractivity contribution is 6.22. The van der Waals surface area contributed by atoms with Gasteiger partial charge < -0.3 is 4.42 Å². The Morgan fingerprint density at radius 3 is 2.43 bits per heavy atom. The maximum Gasteiger partial charge on any atom is 0.196 e. The molecule has 156 valence electrons. The van der Waals surface area contributed by atoms with Crippen molar-refractivity contribution in [1.82, 2.24) is 0 Å². The van der Waals surface area contributed by atoms with Gasteiger partial charge in [-0.1, -0.05) is 44.2 Å². The number of ketones is 2. The lowest BCUT2D eigenvalue weighted by Crippen LogP contribution is -2.65. The number of rotatable bonds is 5. The van der Waals surface area contributed by atoms with Crippen molar-refractivity contribution in [2.45, 2.75) is 57.8 Å². The minimum absolute atomic E-state index is 0.0372. The van der Waals surface area contributed by atoms with Crippen LogP contribution in [0.25, 0.3) is 5.57 Å². The van der Waals surface area contributed by atoms with E-state index in [0.717, 1.165) is 18.4 Å². The number of hydrogen-bond acceptors (Lipinski definition) is 4. The first kappa shape index (κ1) is 20.5. The largest absolute Gasteiger partial charge is 0.459 e. The van der Waals surface area contributed by atoms with Crippen LogP contribution in [0.2, 0.25) is 0 Å². The summed E-state index contributed by atoms with van der Waals surface area (Å²) in [5.41, 5.74) is -2.37. The molecular weight excluding hydrogens is 376 g/mol. The molecule has 0 amide bonds. The van der Waals surface area contributed by atoms with Crippen LogP contribution < -0.4 is 5.43 Å². The van der Waals surface area contributed by atoms with Crippen LogP contribution in [0.5, 0.6) is 0 Å². The first-order valence-electron chi connectivity index (χ1n) is 10.6. The quantitative estimate of drug-likeness (QED) is 0.491. The van der Waals surface area contributed by atoms with Crippen LogP contribution in [0, 0.1) is 10.8 Å². The van der Waals surface area contributed by atoms with Gasteiger partial charge in [-0.25, -0.2) is 0 Å². The Labute approximate surface area is 177 Å². The molecule has 1 aromatic heterocycles. The second kappa shape index (κ2) is 6.90. The summed E-state index contributed by atoms with van der Waals surface area (Å²) in [6, 6.07) is 1.40. The minimum atomic E-state index is -1.24. The Morgan fingerprint density at radius 2 is 1.80 bits per heavy atom. The number of allylic oxidation sites excluding steroid dienone is 6. The van der Waals surface area contributed by atoms with Crippen molar-refractivity contribution in [2.75, 3.05) is 0 Å². The first-order valence-corrected chi connectivity index (χ1v) is 10.6. The maximum absolute atomic E-state index is 14.1. The molecule has 3 aliphatic rings. The van der Waals surface area contributed by atoms with Crippen LogP contribution in [-0.2, 0) is 10.2 Å². The van der Waals surface area contributed by atoms with E-state index in [4.69, 9.17) is 4.42 Å². The van der Waals surface area contributed by atoms with E-state index in [1.165, 1.54) is 6.07 Å². The maximum atomic E-state index is 14.1. The number of carbonyl (C=O) groups excluding carboxylic acids is 2. The van der Waals surface area contributed by atoms with Gasteiger partial charge >= 0.3 is 0 Å². The predicted octanol–water partition coefficient (Wildman–Crippen LogP) is 5.34. The average Bonchev–Trinajstić information content (AvgIpc) is 2.72. The van der Waals surface area contributed by atoms with Gasteiger partial charge in [0.1, 0.15) is 17.1 Å². The molecular formula is C26H28O4. The highest BCUT2D eigenvalue weighted by Crippen LogP contribution is 2.62. The molecule has 0 N–H and O–H groups in total. The summed E-state index contributed by atoms with van der Waals surface area (Å²) in [4.78, 5) is 41.0. The SMILES string of the molecule is C=CCC12CCC(C)(C)C(CC=C)(C1=O)c1oc(C3=CCCC=C3)cc(=O)c1C2=O. The molecule has 3 aliphatic carbocycles. The smallest absolute Gasteiger partial charge is 0.196 e. The van der Waals surface area contributed by atoms with Crippen molar-refractivity contribution in [3.05, 3.63) is 76.9 Å². The number of carbonyl (C=O) groups is 2. The molecule has 4 heteroatoms. The summed E-state index contributed by atoms with van der Waals surface area (Å²) in [5.74, 6) is 0.0727. The zero-order valence-electron chi connectivity index (χ0n) is 17.8. The van der Waals surface area contributed by atoms with E-state index in [2.05, 4.69) is 13.2 Å². The summed E-state index contributed by atoms with van der Waals surface area (Å²) in [6.07, 6.45) is 12.7. The summed E-state index contributed by atoms with van der Waals surface area (Å²) in [7, 11) is 0. The Kier molecular flexibility index (Phi) is 4.72. The van der Waals surface area contributed by atoms with Crippen molar-refractivity contribution in [3.63, 3.8) is 0 Å². The molecule has 4 nitrogen and oxygen atoms in total. The van der Waals surface area contributed by atoms with Crippen LogP contribution in [0.3, 0.4) is 0 Å². The van der Waals surface area contributed by atoms with Crippen molar-refractivity contribution >= 4 is 17.1 Å². The standard InChI is InChI=1S/C26H28O4/c1-5-12-25-15-14-24(3,4)26(13-6-2,23(25)29)22-20(21(25)28)18(27)16-19(30-22)17-10-8-7-9-11-17/h5-6,8,10-11,16H,1-2,7,9,12-15H2,3-4H3. The minimum Gasteiger partial charge on any atom is -0.459 e. The van der Waals surface area contributed by atoms with E-state index in [1.54, 1.807) is 12.2 Å². The van der Waals surface area contributed by atoms with Gasteiger partial charge in [0.25, 0.3) is 0 Å². The normalized spacial score (nSPS) is 29.2. The highest BCUT2D eigenvalue weighted by Gasteiger charge is 2.69. The summed E-state index contributed by atoms with van der Waals surface area (Å²) in [5, 5.41) is 0. The van der Waals surface area contributed by atoms with Crippen LogP contribution in [-0.4, -0.2) is 11.6 Å². The van der Waals surface area contributed by atoms with Crippen LogP contribution in [0.4, 0.5) is 0 Å². The number of fused-ring (bicyclic) bond motifs is 4. The fraction of sp³-hybridized carbons (Fsp3) is 0.423. The molecule has 1 fully saturated rings. The van der Waals surface area contributed by atoms with E-state index >= 15 is 0 Å². The summed E-state index contributed by atoms with van der Waals surface area (Å²) in [6.45, 7) is 11.7. The Hall–Kier alpha value is -2.75. The fourth-order valence-corrected chi connectivity index (χ4v) is 5.59. The van der Waals surface area contributed by atoms with Gasteiger partial charge in [-0.05, 0) is 43.9 Å². The molecule has 30 heavy (non-hydrogen) atoms. The lowest BCUT2D eigenvalue weighted by atomic mass is 9.43. The average molecular weight is 405 g/mol. The predicted molar refractivity (Wildman–Crippen MR) is 117 cm³/mol. The van der Waals surface area contributed by atoms with Crippen LogP contribution >= 0.6 is 0 Å². The molecule has 1 saturated carbocycles. The molecule has 4 rings (SSSR count). The zero-order valence-corrected chi connectivity index (χ0v) is 17.8. The third-order valence-corrected chi connectivity index (χ3v) is 7.37. The third-order valence-electron chi connectivity index (χ3n) is 7.37. The van der Waals surface area contributed by atoms with Crippen molar-refractivity contribution in [1.29, 1.82) is 0 Å². The Bertz CT molecular complexity index is 1080. The molecule has 2 unspecified atom stereocenters. The Morgan fingerprint density at radius 1 is 1.07 bits per heavy atom. The van der Waals surface area contributed by atoms with E-state index in [-0.39, 0.29) is 29.0 Å². The number of Topliss-reactive ketones (excluding diaryl/α,β-unsaturated/α-hetero) is 2. The third kappa shape index (κ3) is 2.49. The topological polar surface area (TPSA) is 64.3 Å². The van der Waals surface area contributed by atoms with E-state index < -0.39 is 22.0 Å². The van der Waals surface area contributed by atoms with Crippen molar-refractivity contribution in [3.8, 4) is 0 Å². The lowest BCUT2D eigenvalue weighted by Gasteiger charge is -2.56. The molecule has 0 saturated heterocycles. The van der Waals surface area contributed by atoms with Crippen molar-refractivity contribution in [2.24, 2.45) is 10.8 Å².